The van der Waals surface area contributed by atoms with E-state index in [0.717, 1.165) is 18.9 Å². The first-order chi connectivity index (χ1) is 14.3. The van der Waals surface area contributed by atoms with Gasteiger partial charge in [0.1, 0.15) is 17.1 Å². The number of aliphatic hydroxyl groups excluding tert-OH is 1. The van der Waals surface area contributed by atoms with Crippen molar-refractivity contribution >= 4 is 22.6 Å². The van der Waals surface area contributed by atoms with E-state index in [2.05, 4.69) is 4.90 Å². The molecule has 2 N–H and O–H groups in total. The van der Waals surface area contributed by atoms with E-state index in [1.807, 2.05) is 6.92 Å². The van der Waals surface area contributed by atoms with Gasteiger partial charge in [0.2, 0.25) is 5.43 Å². The van der Waals surface area contributed by atoms with Crippen LogP contribution < -0.4 is 10.3 Å². The summed E-state index contributed by atoms with van der Waals surface area (Å²) in [6.45, 7) is 4.21. The van der Waals surface area contributed by atoms with Crippen LogP contribution in [0.3, 0.4) is 0 Å². The number of nitrogens with zero attached hydrogens (tertiary/aromatic N) is 3. The number of rotatable bonds is 6. The van der Waals surface area contributed by atoms with Gasteiger partial charge in [-0.1, -0.05) is 0 Å². The van der Waals surface area contributed by atoms with Crippen molar-refractivity contribution < 1.29 is 23.8 Å². The van der Waals surface area contributed by atoms with Crippen LogP contribution in [0.4, 0.5) is 14.5 Å². The largest absolute Gasteiger partial charge is 0.477 e. The van der Waals surface area contributed by atoms with Gasteiger partial charge in [0.05, 0.1) is 10.9 Å². The number of carbonyl (C=O) groups is 1. The SMILES string of the molecule is CC1CN(c2c(F)cc3c(=O)c(C(=O)O)cn(C4CC4)c3c2F)CCN1CCCO. The molecule has 1 aliphatic carbocycles. The summed E-state index contributed by atoms with van der Waals surface area (Å²) in [5, 5.41) is 18.1. The van der Waals surface area contributed by atoms with Crippen molar-refractivity contribution in [3.05, 3.63) is 39.7 Å². The predicted molar refractivity (Wildman–Crippen MR) is 108 cm³/mol. The standard InChI is InChI=1S/C21H25F2N3O4/c1-12-10-25(7-6-24(12)5-2-8-27)19-16(22)9-14-18(17(19)23)26(13-3-4-13)11-15(20(14)28)21(29)30/h9,11-13,27H,2-8,10H2,1H3,(H,29,30). The number of benzene rings is 1. The molecule has 0 amide bonds. The molecule has 0 spiro atoms. The van der Waals surface area contributed by atoms with Gasteiger partial charge in [-0.2, -0.15) is 0 Å². The number of aliphatic hydroxyl groups is 1. The maximum atomic E-state index is 15.7. The summed E-state index contributed by atoms with van der Waals surface area (Å²) in [4.78, 5) is 27.9. The smallest absolute Gasteiger partial charge is 0.341 e. The number of fused-ring (bicyclic) bond motifs is 1. The summed E-state index contributed by atoms with van der Waals surface area (Å²) in [6.07, 6.45) is 3.33. The van der Waals surface area contributed by atoms with Crippen molar-refractivity contribution in [3.63, 3.8) is 0 Å². The van der Waals surface area contributed by atoms with Gasteiger partial charge in [-0.05, 0) is 32.3 Å². The molecule has 30 heavy (non-hydrogen) atoms. The van der Waals surface area contributed by atoms with Gasteiger partial charge in [0, 0.05) is 51.1 Å². The summed E-state index contributed by atoms with van der Waals surface area (Å²) in [5.74, 6) is -3.09. The highest BCUT2D eigenvalue weighted by Gasteiger charge is 2.32. The number of carboxylic acid groups (broad SMARTS) is 1. The van der Waals surface area contributed by atoms with Crippen LogP contribution in [-0.4, -0.2) is 64.5 Å². The average molecular weight is 421 g/mol. The first-order valence-electron chi connectivity index (χ1n) is 10.2. The molecule has 1 aliphatic heterocycles. The first-order valence-corrected chi connectivity index (χ1v) is 10.2. The minimum absolute atomic E-state index is 0.0285. The second-order valence-corrected chi connectivity index (χ2v) is 8.14. The van der Waals surface area contributed by atoms with E-state index >= 15 is 8.78 Å². The molecule has 1 saturated heterocycles. The molecular weight excluding hydrogens is 396 g/mol. The Hall–Kier alpha value is -2.52. The van der Waals surface area contributed by atoms with Crippen LogP contribution in [0.2, 0.25) is 0 Å². The third kappa shape index (κ3) is 3.56. The number of pyridine rings is 1. The monoisotopic (exact) mass is 421 g/mol. The maximum Gasteiger partial charge on any atom is 0.341 e. The topological polar surface area (TPSA) is 86.0 Å². The second-order valence-electron chi connectivity index (χ2n) is 8.14. The number of carboxylic acids is 1. The molecule has 0 bridgehead atoms. The molecule has 7 nitrogen and oxygen atoms in total. The van der Waals surface area contributed by atoms with E-state index in [1.165, 1.54) is 10.8 Å². The third-order valence-corrected chi connectivity index (χ3v) is 6.04. The van der Waals surface area contributed by atoms with Crippen molar-refractivity contribution in [2.45, 2.75) is 38.3 Å². The average Bonchev–Trinajstić information content (AvgIpc) is 3.53. The summed E-state index contributed by atoms with van der Waals surface area (Å²) in [5.41, 5.74) is -1.56. The zero-order valence-electron chi connectivity index (χ0n) is 16.8. The fourth-order valence-electron chi connectivity index (χ4n) is 4.32. The molecule has 2 fully saturated rings. The Labute approximate surface area is 172 Å². The Balaban J connectivity index is 1.79. The van der Waals surface area contributed by atoms with Crippen molar-refractivity contribution in [2.24, 2.45) is 0 Å². The van der Waals surface area contributed by atoms with E-state index in [1.54, 1.807) is 4.90 Å². The van der Waals surface area contributed by atoms with Gasteiger partial charge in [-0.15, -0.1) is 0 Å². The van der Waals surface area contributed by atoms with Crippen LogP contribution in [0, 0.1) is 11.6 Å². The Morgan fingerprint density at radius 3 is 2.60 bits per heavy atom. The lowest BCUT2D eigenvalue weighted by Crippen LogP contribution is -2.52. The highest BCUT2D eigenvalue weighted by Crippen LogP contribution is 2.39. The number of halogens is 2. The van der Waals surface area contributed by atoms with Crippen LogP contribution in [0.5, 0.6) is 0 Å². The van der Waals surface area contributed by atoms with Crippen LogP contribution in [0.1, 0.15) is 42.6 Å². The molecule has 2 heterocycles. The molecule has 1 unspecified atom stereocenters. The van der Waals surface area contributed by atoms with Gasteiger partial charge < -0.3 is 19.7 Å². The predicted octanol–water partition coefficient (Wildman–Crippen LogP) is 2.21. The molecule has 2 aromatic rings. The molecule has 1 atom stereocenters. The fourth-order valence-corrected chi connectivity index (χ4v) is 4.32. The van der Waals surface area contributed by atoms with Gasteiger partial charge >= 0.3 is 5.97 Å². The lowest BCUT2D eigenvalue weighted by Gasteiger charge is -2.41. The normalized spacial score (nSPS) is 20.1. The van der Waals surface area contributed by atoms with Crippen molar-refractivity contribution in [1.82, 2.24) is 9.47 Å². The summed E-state index contributed by atoms with van der Waals surface area (Å²) < 4.78 is 32.2. The molecule has 1 aromatic carbocycles. The molecule has 9 heteroatoms. The second kappa shape index (κ2) is 7.96. The summed E-state index contributed by atoms with van der Waals surface area (Å²) in [7, 11) is 0. The first kappa shape index (κ1) is 20.7. The Morgan fingerprint density at radius 2 is 2.00 bits per heavy atom. The zero-order chi connectivity index (χ0) is 21.6. The Morgan fingerprint density at radius 1 is 1.27 bits per heavy atom. The van der Waals surface area contributed by atoms with E-state index in [0.29, 0.717) is 32.6 Å². The van der Waals surface area contributed by atoms with Crippen LogP contribution in [-0.2, 0) is 0 Å². The molecule has 1 aromatic heterocycles. The van der Waals surface area contributed by atoms with Gasteiger partial charge in [-0.25, -0.2) is 13.6 Å². The highest BCUT2D eigenvalue weighted by molar-refractivity contribution is 5.94. The molecule has 162 valence electrons. The van der Waals surface area contributed by atoms with Crippen LogP contribution in [0.15, 0.2) is 17.1 Å². The molecule has 1 saturated carbocycles. The van der Waals surface area contributed by atoms with Crippen molar-refractivity contribution in [2.75, 3.05) is 37.7 Å². The summed E-state index contributed by atoms with van der Waals surface area (Å²) >= 11 is 0. The zero-order valence-corrected chi connectivity index (χ0v) is 16.8. The lowest BCUT2D eigenvalue weighted by atomic mass is 10.1. The number of hydrogen-bond donors (Lipinski definition) is 2. The van der Waals surface area contributed by atoms with Crippen molar-refractivity contribution in [1.29, 1.82) is 0 Å². The number of aromatic nitrogens is 1. The van der Waals surface area contributed by atoms with E-state index in [9.17, 15) is 14.7 Å². The third-order valence-electron chi connectivity index (χ3n) is 6.04. The van der Waals surface area contributed by atoms with Crippen LogP contribution in [0.25, 0.3) is 10.9 Å². The summed E-state index contributed by atoms with van der Waals surface area (Å²) in [6, 6.07) is 0.928. The number of anilines is 1. The Kier molecular flexibility index (Phi) is 5.50. The minimum Gasteiger partial charge on any atom is -0.477 e. The molecule has 2 aliphatic rings. The van der Waals surface area contributed by atoms with Gasteiger partial charge in [0.25, 0.3) is 0 Å². The lowest BCUT2D eigenvalue weighted by molar-refractivity contribution is 0.0694. The fraction of sp³-hybridized carbons (Fsp3) is 0.524. The molecule has 0 radical (unpaired) electrons. The molecule has 4 rings (SSSR count). The number of piperazine rings is 1. The number of aromatic carboxylic acids is 1. The van der Waals surface area contributed by atoms with Gasteiger partial charge in [-0.3, -0.25) is 9.69 Å². The molecular formula is C21H25F2N3O4. The van der Waals surface area contributed by atoms with Crippen molar-refractivity contribution in [3.8, 4) is 0 Å². The van der Waals surface area contributed by atoms with E-state index in [4.69, 9.17) is 5.11 Å². The maximum absolute atomic E-state index is 15.7. The minimum atomic E-state index is -1.41. The van der Waals surface area contributed by atoms with E-state index in [-0.39, 0.29) is 35.3 Å². The van der Waals surface area contributed by atoms with Crippen LogP contribution >= 0.6 is 0 Å². The highest BCUT2D eigenvalue weighted by atomic mass is 19.1. The van der Waals surface area contributed by atoms with E-state index < -0.39 is 28.6 Å². The quantitative estimate of drug-likeness (QED) is 0.744. The van der Waals surface area contributed by atoms with Gasteiger partial charge in [0.15, 0.2) is 5.82 Å². The number of hydrogen-bond acceptors (Lipinski definition) is 5. The Bertz CT molecular complexity index is 1050.